The minimum absolute atomic E-state index is 0.0725. The lowest BCUT2D eigenvalue weighted by molar-refractivity contribution is 0.0696. The zero-order valence-electron chi connectivity index (χ0n) is 12.7. The first-order valence-electron chi connectivity index (χ1n) is 7.32. The maximum absolute atomic E-state index is 12.8. The summed E-state index contributed by atoms with van der Waals surface area (Å²) >= 11 is 0. The Hall–Kier alpha value is -1.36. The van der Waals surface area contributed by atoms with Crippen molar-refractivity contribution in [2.24, 2.45) is 5.92 Å². The monoisotopic (exact) mass is 310 g/mol. The lowest BCUT2D eigenvalue weighted by Gasteiger charge is -2.26. The van der Waals surface area contributed by atoms with Crippen LogP contribution in [0, 0.1) is 19.8 Å². The average Bonchev–Trinajstić information content (AvgIpc) is 2.38. The van der Waals surface area contributed by atoms with Crippen LogP contribution in [-0.2, 0) is 9.84 Å². The van der Waals surface area contributed by atoms with E-state index < -0.39 is 15.8 Å². The van der Waals surface area contributed by atoms with Crippen molar-refractivity contribution in [2.75, 3.05) is 0 Å². The van der Waals surface area contributed by atoms with Gasteiger partial charge in [-0.1, -0.05) is 13.0 Å². The Labute approximate surface area is 126 Å². The highest BCUT2D eigenvalue weighted by molar-refractivity contribution is 7.92. The number of hydrogen-bond acceptors (Lipinski definition) is 3. The van der Waals surface area contributed by atoms with Crippen LogP contribution in [0.25, 0.3) is 0 Å². The zero-order valence-corrected chi connectivity index (χ0v) is 13.5. The third kappa shape index (κ3) is 3.12. The van der Waals surface area contributed by atoms with E-state index in [0.29, 0.717) is 29.9 Å². The summed E-state index contributed by atoms with van der Waals surface area (Å²) in [6.07, 6.45) is 3.17. The van der Waals surface area contributed by atoms with Gasteiger partial charge in [-0.25, -0.2) is 13.2 Å². The Kier molecular flexibility index (Phi) is 4.42. The van der Waals surface area contributed by atoms with Gasteiger partial charge >= 0.3 is 5.97 Å². The summed E-state index contributed by atoms with van der Waals surface area (Å²) in [5.41, 5.74) is 1.30. The highest BCUT2D eigenvalue weighted by atomic mass is 32.2. The highest BCUT2D eigenvalue weighted by Crippen LogP contribution is 2.33. The molecule has 1 aliphatic carbocycles. The topological polar surface area (TPSA) is 71.4 Å². The van der Waals surface area contributed by atoms with Crippen molar-refractivity contribution in [1.29, 1.82) is 0 Å². The second kappa shape index (κ2) is 5.79. The van der Waals surface area contributed by atoms with Crippen LogP contribution in [0.2, 0.25) is 0 Å². The van der Waals surface area contributed by atoms with Crippen LogP contribution in [-0.4, -0.2) is 24.7 Å². The number of aromatic carboxylic acids is 1. The summed E-state index contributed by atoms with van der Waals surface area (Å²) in [4.78, 5) is 11.4. The Morgan fingerprint density at radius 2 is 1.67 bits per heavy atom. The van der Waals surface area contributed by atoms with Gasteiger partial charge < -0.3 is 5.11 Å². The molecule has 0 saturated heterocycles. The molecule has 4 nitrogen and oxygen atoms in total. The van der Waals surface area contributed by atoms with Crippen LogP contribution < -0.4 is 0 Å². The maximum Gasteiger partial charge on any atom is 0.335 e. The molecule has 0 radical (unpaired) electrons. The van der Waals surface area contributed by atoms with E-state index in [1.807, 2.05) is 0 Å². The molecule has 116 valence electrons. The Morgan fingerprint density at radius 1 is 1.10 bits per heavy atom. The van der Waals surface area contributed by atoms with E-state index in [4.69, 9.17) is 0 Å². The fourth-order valence-corrected chi connectivity index (χ4v) is 5.13. The number of carboxylic acid groups (broad SMARTS) is 1. The van der Waals surface area contributed by atoms with Crippen LogP contribution in [0.3, 0.4) is 0 Å². The lowest BCUT2D eigenvalue weighted by atomic mass is 9.91. The van der Waals surface area contributed by atoms with E-state index in [1.54, 1.807) is 19.9 Å². The number of sulfone groups is 1. The molecule has 0 amide bonds. The minimum Gasteiger partial charge on any atom is -0.478 e. The zero-order chi connectivity index (χ0) is 15.8. The minimum atomic E-state index is -3.45. The molecule has 0 aromatic heterocycles. The van der Waals surface area contributed by atoms with Gasteiger partial charge in [0.15, 0.2) is 9.84 Å². The first-order valence-corrected chi connectivity index (χ1v) is 8.86. The molecule has 1 aliphatic rings. The standard InChI is InChI=1S/C16H22O4S/c1-10-4-6-13(7-5-10)21(19,20)15-9-14(16(17)18)11(2)8-12(15)3/h8-10,13H,4-7H2,1-3H3,(H,17,18). The Bertz CT molecular complexity index is 653. The van der Waals surface area contributed by atoms with Gasteiger partial charge in [-0.05, 0) is 62.6 Å². The first kappa shape index (κ1) is 16.0. The van der Waals surface area contributed by atoms with E-state index in [1.165, 1.54) is 6.07 Å². The molecule has 0 heterocycles. The molecule has 1 aromatic carbocycles. The summed E-state index contributed by atoms with van der Waals surface area (Å²) < 4.78 is 25.6. The normalized spacial score (nSPS) is 23.0. The molecule has 21 heavy (non-hydrogen) atoms. The summed E-state index contributed by atoms with van der Waals surface area (Å²) in [6, 6.07) is 2.99. The number of carbonyl (C=O) groups is 1. The predicted octanol–water partition coefficient (Wildman–Crippen LogP) is 3.35. The number of rotatable bonds is 3. The van der Waals surface area contributed by atoms with E-state index in [2.05, 4.69) is 6.92 Å². The molecule has 0 unspecified atom stereocenters. The smallest absolute Gasteiger partial charge is 0.335 e. The fraction of sp³-hybridized carbons (Fsp3) is 0.562. The SMILES string of the molecule is Cc1cc(C)c(S(=O)(=O)C2CCC(C)CC2)cc1C(=O)O. The second-order valence-electron chi connectivity index (χ2n) is 6.16. The molecule has 1 fully saturated rings. The molecule has 0 aliphatic heterocycles. The largest absolute Gasteiger partial charge is 0.478 e. The summed E-state index contributed by atoms with van der Waals surface area (Å²) in [5, 5.41) is 8.82. The fourth-order valence-electron chi connectivity index (χ4n) is 3.09. The van der Waals surface area contributed by atoms with Crippen LogP contribution in [0.4, 0.5) is 0 Å². The molecular formula is C16H22O4S. The molecular weight excluding hydrogens is 288 g/mol. The molecule has 0 atom stereocenters. The number of benzene rings is 1. The van der Waals surface area contributed by atoms with Gasteiger partial charge in [0.1, 0.15) is 0 Å². The van der Waals surface area contributed by atoms with Crippen LogP contribution in [0.15, 0.2) is 17.0 Å². The van der Waals surface area contributed by atoms with Crippen molar-refractivity contribution >= 4 is 15.8 Å². The van der Waals surface area contributed by atoms with Crippen molar-refractivity contribution in [3.8, 4) is 0 Å². The van der Waals surface area contributed by atoms with E-state index in [0.717, 1.165) is 12.8 Å². The summed E-state index contributed by atoms with van der Waals surface area (Å²) in [7, 11) is -3.45. The number of carboxylic acids is 1. The van der Waals surface area contributed by atoms with Gasteiger partial charge in [-0.15, -0.1) is 0 Å². The molecule has 1 N–H and O–H groups in total. The van der Waals surface area contributed by atoms with Crippen LogP contribution in [0.5, 0.6) is 0 Å². The molecule has 0 bridgehead atoms. The van der Waals surface area contributed by atoms with Crippen molar-refractivity contribution in [3.05, 3.63) is 28.8 Å². The van der Waals surface area contributed by atoms with Gasteiger partial charge in [-0.2, -0.15) is 0 Å². The van der Waals surface area contributed by atoms with Gasteiger partial charge in [0.25, 0.3) is 0 Å². The van der Waals surface area contributed by atoms with Crippen molar-refractivity contribution in [1.82, 2.24) is 0 Å². The quantitative estimate of drug-likeness (QED) is 0.929. The maximum atomic E-state index is 12.8. The van der Waals surface area contributed by atoms with Gasteiger partial charge in [-0.3, -0.25) is 0 Å². The van der Waals surface area contributed by atoms with Gasteiger partial charge in [0.05, 0.1) is 15.7 Å². The summed E-state index contributed by atoms with van der Waals surface area (Å²) in [5.74, 6) is -0.508. The molecule has 0 spiro atoms. The lowest BCUT2D eigenvalue weighted by Crippen LogP contribution is -2.27. The van der Waals surface area contributed by atoms with Crippen molar-refractivity contribution < 1.29 is 18.3 Å². The average molecular weight is 310 g/mol. The van der Waals surface area contributed by atoms with E-state index in [-0.39, 0.29) is 15.7 Å². The van der Waals surface area contributed by atoms with E-state index >= 15 is 0 Å². The molecule has 5 heteroatoms. The van der Waals surface area contributed by atoms with Gasteiger partial charge in [0.2, 0.25) is 0 Å². The number of aryl methyl sites for hydroxylation is 2. The van der Waals surface area contributed by atoms with Crippen molar-refractivity contribution in [3.63, 3.8) is 0 Å². The number of hydrogen-bond donors (Lipinski definition) is 1. The van der Waals surface area contributed by atoms with Crippen LogP contribution >= 0.6 is 0 Å². The van der Waals surface area contributed by atoms with Gasteiger partial charge in [0, 0.05) is 0 Å². The Morgan fingerprint density at radius 3 is 2.19 bits per heavy atom. The molecule has 1 aromatic rings. The first-order chi connectivity index (χ1) is 9.73. The second-order valence-corrected chi connectivity index (χ2v) is 8.36. The van der Waals surface area contributed by atoms with Crippen LogP contribution in [0.1, 0.15) is 54.1 Å². The Balaban J connectivity index is 2.45. The highest BCUT2D eigenvalue weighted by Gasteiger charge is 2.32. The summed E-state index contributed by atoms with van der Waals surface area (Å²) in [6.45, 7) is 5.56. The third-order valence-corrected chi connectivity index (χ3v) is 6.86. The van der Waals surface area contributed by atoms with Crippen molar-refractivity contribution in [2.45, 2.75) is 56.6 Å². The van der Waals surface area contributed by atoms with E-state index in [9.17, 15) is 18.3 Å². The predicted molar refractivity (Wildman–Crippen MR) is 81.5 cm³/mol. The third-order valence-electron chi connectivity index (χ3n) is 4.46. The molecule has 2 rings (SSSR count). The molecule has 1 saturated carbocycles.